The van der Waals surface area contributed by atoms with Crippen molar-refractivity contribution in [2.45, 2.75) is 54.9 Å². The van der Waals surface area contributed by atoms with Crippen LogP contribution in [0.1, 0.15) is 87.9 Å². The van der Waals surface area contributed by atoms with E-state index in [4.69, 9.17) is 9.98 Å². The number of hydrogen-bond acceptors (Lipinski definition) is 6. The molecule has 4 rings (SSSR count). The van der Waals surface area contributed by atoms with Crippen LogP contribution in [0.3, 0.4) is 0 Å². The van der Waals surface area contributed by atoms with E-state index in [1.807, 2.05) is 44.2 Å². The summed E-state index contributed by atoms with van der Waals surface area (Å²) in [7, 11) is 0. The second-order valence-electron chi connectivity index (χ2n) is 10.2. The Hall–Kier alpha value is -4.58. The smallest absolute Gasteiger partial charge is 0.178 e. The van der Waals surface area contributed by atoms with Crippen LogP contribution >= 0.6 is 0 Å². The molecule has 2 aromatic heterocycles. The van der Waals surface area contributed by atoms with Gasteiger partial charge in [0.15, 0.2) is 11.6 Å². The lowest BCUT2D eigenvalue weighted by molar-refractivity contribution is 0.100. The van der Waals surface area contributed by atoms with E-state index in [0.29, 0.717) is 22.8 Å². The van der Waals surface area contributed by atoms with Crippen molar-refractivity contribution in [1.29, 1.82) is 0 Å². The monoisotopic (exact) mass is 530 g/mol. The number of aliphatic imine (C=N–C) groups is 2. The van der Waals surface area contributed by atoms with Gasteiger partial charge in [-0.25, -0.2) is 9.97 Å². The fourth-order valence-electron chi connectivity index (χ4n) is 4.64. The molecule has 0 N–H and O–H groups in total. The molecule has 0 fully saturated rings. The summed E-state index contributed by atoms with van der Waals surface area (Å²) < 4.78 is 0. The average Bonchev–Trinajstić information content (AvgIpc) is 2.92. The maximum absolute atomic E-state index is 11.7. The molecule has 0 aliphatic carbocycles. The minimum atomic E-state index is -0.0629. The van der Waals surface area contributed by atoms with E-state index in [2.05, 4.69) is 55.0 Å². The predicted molar refractivity (Wildman–Crippen MR) is 162 cm³/mol. The summed E-state index contributed by atoms with van der Waals surface area (Å²) >= 11 is 0. The molecule has 0 radical (unpaired) electrons. The Balaban J connectivity index is 1.54. The Kier molecular flexibility index (Phi) is 8.58. The summed E-state index contributed by atoms with van der Waals surface area (Å²) in [6.07, 6.45) is 0.791. The van der Waals surface area contributed by atoms with Gasteiger partial charge in [-0.1, -0.05) is 36.4 Å². The summed E-state index contributed by atoms with van der Waals surface area (Å²) in [6.45, 7) is 13.1. The van der Waals surface area contributed by atoms with E-state index in [1.54, 1.807) is 12.1 Å². The van der Waals surface area contributed by atoms with Gasteiger partial charge >= 0.3 is 0 Å². The van der Waals surface area contributed by atoms with Crippen LogP contribution in [-0.2, 0) is 6.42 Å². The molecule has 2 heterocycles. The molecule has 6 nitrogen and oxygen atoms in total. The molecule has 0 spiro atoms. The molecule has 0 bridgehead atoms. The molecule has 0 aliphatic heterocycles. The third-order valence-electron chi connectivity index (χ3n) is 6.75. The van der Waals surface area contributed by atoms with Gasteiger partial charge in [0.1, 0.15) is 11.4 Å². The number of carbonyl (C=O) groups excluding carboxylic acids is 2. The molecule has 0 amide bonds. The summed E-state index contributed by atoms with van der Waals surface area (Å²) in [5.41, 5.74) is 11.3. The molecule has 2 aromatic carbocycles. The van der Waals surface area contributed by atoms with E-state index in [1.165, 1.54) is 25.0 Å². The van der Waals surface area contributed by atoms with Crippen molar-refractivity contribution in [2.75, 3.05) is 0 Å². The first-order valence-electron chi connectivity index (χ1n) is 13.3. The number of pyridine rings is 2. The minimum Gasteiger partial charge on any atom is -0.293 e. The van der Waals surface area contributed by atoms with Crippen LogP contribution in [0, 0.1) is 20.8 Å². The summed E-state index contributed by atoms with van der Waals surface area (Å²) in [5.74, 6) is -0.125. The van der Waals surface area contributed by atoms with Gasteiger partial charge < -0.3 is 0 Å². The topological polar surface area (TPSA) is 84.6 Å². The zero-order valence-electron chi connectivity index (χ0n) is 24.2. The largest absolute Gasteiger partial charge is 0.293 e. The Labute approximate surface area is 236 Å². The van der Waals surface area contributed by atoms with Gasteiger partial charge in [-0.2, -0.15) is 0 Å². The highest BCUT2D eigenvalue weighted by Gasteiger charge is 2.10. The van der Waals surface area contributed by atoms with Crippen LogP contribution in [0.5, 0.6) is 0 Å². The SMILES string of the molecule is CC(=O)c1cccc(C(C)=Nc2ccc(Cc3cc(C)c(N=C(C)c4cccc(C(C)=O)n4)c(C)c3)cc2C)n1. The third-order valence-corrected chi connectivity index (χ3v) is 6.75. The number of aromatic nitrogens is 2. The Morgan fingerprint density at radius 2 is 1.07 bits per heavy atom. The van der Waals surface area contributed by atoms with Gasteiger partial charge in [0, 0.05) is 13.8 Å². The number of ketones is 2. The Bertz CT molecular complexity index is 1660. The first-order valence-corrected chi connectivity index (χ1v) is 13.3. The van der Waals surface area contributed by atoms with E-state index >= 15 is 0 Å². The second kappa shape index (κ2) is 12.1. The van der Waals surface area contributed by atoms with Crippen molar-refractivity contribution in [2.24, 2.45) is 9.98 Å². The first-order chi connectivity index (χ1) is 19.0. The van der Waals surface area contributed by atoms with E-state index in [0.717, 1.165) is 45.9 Å². The van der Waals surface area contributed by atoms with E-state index in [9.17, 15) is 9.59 Å². The summed E-state index contributed by atoms with van der Waals surface area (Å²) in [5, 5.41) is 0. The fourth-order valence-corrected chi connectivity index (χ4v) is 4.64. The Morgan fingerprint density at radius 3 is 1.57 bits per heavy atom. The van der Waals surface area contributed by atoms with Crippen molar-refractivity contribution >= 4 is 34.4 Å². The minimum absolute atomic E-state index is 0.0620. The van der Waals surface area contributed by atoms with E-state index in [-0.39, 0.29) is 11.6 Å². The zero-order chi connectivity index (χ0) is 29.0. The fraction of sp³-hybridized carbons (Fsp3) is 0.235. The molecular weight excluding hydrogens is 496 g/mol. The van der Waals surface area contributed by atoms with Gasteiger partial charge in [-0.15, -0.1) is 0 Å². The van der Waals surface area contributed by atoms with Gasteiger partial charge in [0.2, 0.25) is 0 Å². The number of carbonyl (C=O) groups is 2. The van der Waals surface area contributed by atoms with Gasteiger partial charge in [0.05, 0.1) is 34.2 Å². The number of hydrogen-bond donors (Lipinski definition) is 0. The number of Topliss-reactive ketones (excluding diaryl/α,β-unsaturated/α-hetero) is 2. The van der Waals surface area contributed by atoms with Crippen LogP contribution in [-0.4, -0.2) is 33.0 Å². The van der Waals surface area contributed by atoms with Gasteiger partial charge in [0.25, 0.3) is 0 Å². The quantitative estimate of drug-likeness (QED) is 0.173. The van der Waals surface area contributed by atoms with Crippen molar-refractivity contribution in [1.82, 2.24) is 9.97 Å². The van der Waals surface area contributed by atoms with Crippen LogP contribution in [0.4, 0.5) is 11.4 Å². The normalized spacial score (nSPS) is 12.0. The first kappa shape index (κ1) is 28.4. The highest BCUT2D eigenvalue weighted by Crippen LogP contribution is 2.28. The van der Waals surface area contributed by atoms with Crippen LogP contribution in [0.2, 0.25) is 0 Å². The summed E-state index contributed by atoms with van der Waals surface area (Å²) in [4.78, 5) is 42.0. The van der Waals surface area contributed by atoms with Crippen molar-refractivity contribution in [3.05, 3.63) is 117 Å². The third kappa shape index (κ3) is 6.70. The standard InChI is InChI=1S/C34H34N4O2/c1-20-16-27(14-15-29(20)35-23(4)30-10-8-12-32(37-30)25(6)39)19-28-17-21(2)34(22(3)18-28)36-24(5)31-11-9-13-33(38-31)26(7)40/h8-18H,19H2,1-7H3. The van der Waals surface area contributed by atoms with Gasteiger partial charge in [-0.05, 0) is 99.2 Å². The molecule has 0 unspecified atom stereocenters. The van der Waals surface area contributed by atoms with Crippen molar-refractivity contribution in [3.8, 4) is 0 Å². The lowest BCUT2D eigenvalue weighted by atomic mass is 9.97. The number of rotatable bonds is 8. The number of nitrogens with zero attached hydrogens (tertiary/aromatic N) is 4. The van der Waals surface area contributed by atoms with Gasteiger partial charge in [-0.3, -0.25) is 19.6 Å². The zero-order valence-corrected chi connectivity index (χ0v) is 24.2. The molecule has 0 atom stereocenters. The Morgan fingerprint density at radius 1 is 0.600 bits per heavy atom. The summed E-state index contributed by atoms with van der Waals surface area (Å²) in [6, 6.07) is 21.5. The molecule has 0 aliphatic rings. The molecule has 6 heteroatoms. The molecule has 0 saturated carbocycles. The lowest BCUT2D eigenvalue weighted by Gasteiger charge is -2.12. The molecular formula is C34H34N4O2. The molecule has 40 heavy (non-hydrogen) atoms. The highest BCUT2D eigenvalue weighted by molar-refractivity contribution is 6.01. The lowest BCUT2D eigenvalue weighted by Crippen LogP contribution is -2.04. The number of aryl methyl sites for hydroxylation is 3. The van der Waals surface area contributed by atoms with E-state index < -0.39 is 0 Å². The van der Waals surface area contributed by atoms with Crippen LogP contribution in [0.25, 0.3) is 0 Å². The second-order valence-corrected chi connectivity index (χ2v) is 10.2. The molecule has 202 valence electrons. The molecule has 0 saturated heterocycles. The molecule has 4 aromatic rings. The highest BCUT2D eigenvalue weighted by atomic mass is 16.1. The van der Waals surface area contributed by atoms with Crippen molar-refractivity contribution in [3.63, 3.8) is 0 Å². The van der Waals surface area contributed by atoms with Crippen LogP contribution < -0.4 is 0 Å². The van der Waals surface area contributed by atoms with Crippen molar-refractivity contribution < 1.29 is 9.59 Å². The average molecular weight is 531 g/mol. The maximum atomic E-state index is 11.7. The predicted octanol–water partition coefficient (Wildman–Crippen LogP) is 7.68. The van der Waals surface area contributed by atoms with Crippen LogP contribution in [0.15, 0.2) is 76.7 Å². The maximum Gasteiger partial charge on any atom is 0.178 e. The number of benzene rings is 2.